The zero-order chi connectivity index (χ0) is 10.4. The van der Waals surface area contributed by atoms with Gasteiger partial charge in [0.1, 0.15) is 0 Å². The van der Waals surface area contributed by atoms with Gasteiger partial charge in [-0.15, -0.1) is 0 Å². The van der Waals surface area contributed by atoms with Crippen LogP contribution in [0.2, 0.25) is 0 Å². The summed E-state index contributed by atoms with van der Waals surface area (Å²) in [4.78, 5) is 2.52. The summed E-state index contributed by atoms with van der Waals surface area (Å²) in [7, 11) is 2.26. The summed E-state index contributed by atoms with van der Waals surface area (Å²) in [5, 5.41) is 3.53. The molecular formula is C11H24N2S. The number of hydrogen-bond acceptors (Lipinski definition) is 3. The number of nitrogens with one attached hydrogen (secondary N) is 1. The van der Waals surface area contributed by atoms with Crippen LogP contribution in [0.1, 0.15) is 26.2 Å². The summed E-state index contributed by atoms with van der Waals surface area (Å²) in [6, 6.07) is 1.58. The van der Waals surface area contributed by atoms with Crippen molar-refractivity contribution in [2.75, 3.05) is 32.1 Å². The van der Waals surface area contributed by atoms with Gasteiger partial charge in [0.2, 0.25) is 0 Å². The van der Waals surface area contributed by atoms with E-state index in [4.69, 9.17) is 0 Å². The van der Waals surface area contributed by atoms with Gasteiger partial charge in [-0.25, -0.2) is 0 Å². The van der Waals surface area contributed by atoms with Gasteiger partial charge in [-0.05, 0) is 51.8 Å². The van der Waals surface area contributed by atoms with Crippen LogP contribution in [-0.4, -0.2) is 49.1 Å². The van der Waals surface area contributed by atoms with Crippen LogP contribution >= 0.6 is 11.8 Å². The Morgan fingerprint density at radius 2 is 2.21 bits per heavy atom. The van der Waals surface area contributed by atoms with Gasteiger partial charge in [-0.1, -0.05) is 0 Å². The molecule has 1 aliphatic rings. The van der Waals surface area contributed by atoms with Gasteiger partial charge in [-0.3, -0.25) is 4.90 Å². The Balaban J connectivity index is 1.94. The molecule has 0 radical (unpaired) electrons. The Labute approximate surface area is 92.8 Å². The third kappa shape index (κ3) is 4.67. The average molecular weight is 216 g/mol. The highest BCUT2D eigenvalue weighted by atomic mass is 32.2. The van der Waals surface area contributed by atoms with Crippen molar-refractivity contribution >= 4 is 11.8 Å². The maximum atomic E-state index is 3.53. The van der Waals surface area contributed by atoms with Crippen LogP contribution in [0.5, 0.6) is 0 Å². The predicted octanol–water partition coefficient (Wildman–Crippen LogP) is 1.81. The normalized spacial score (nSPS) is 18.9. The van der Waals surface area contributed by atoms with Gasteiger partial charge in [0.05, 0.1) is 0 Å². The molecule has 0 aliphatic heterocycles. The third-order valence-corrected chi connectivity index (χ3v) is 3.66. The van der Waals surface area contributed by atoms with Crippen molar-refractivity contribution in [3.8, 4) is 0 Å². The molecule has 3 heteroatoms. The maximum absolute atomic E-state index is 3.53. The molecule has 0 spiro atoms. The van der Waals surface area contributed by atoms with E-state index in [1.165, 1.54) is 31.6 Å². The van der Waals surface area contributed by atoms with Crippen LogP contribution in [0, 0.1) is 0 Å². The van der Waals surface area contributed by atoms with Crippen molar-refractivity contribution < 1.29 is 0 Å². The highest BCUT2D eigenvalue weighted by Crippen LogP contribution is 2.26. The van der Waals surface area contributed by atoms with Gasteiger partial charge < -0.3 is 5.32 Å². The topological polar surface area (TPSA) is 15.3 Å². The molecule has 1 aliphatic carbocycles. The van der Waals surface area contributed by atoms with E-state index < -0.39 is 0 Å². The Bertz CT molecular complexity index is 148. The van der Waals surface area contributed by atoms with E-state index in [1.54, 1.807) is 0 Å². The molecule has 0 amide bonds. The monoisotopic (exact) mass is 216 g/mol. The van der Waals surface area contributed by atoms with Crippen molar-refractivity contribution in [3.05, 3.63) is 0 Å². The van der Waals surface area contributed by atoms with Crippen molar-refractivity contribution in [3.63, 3.8) is 0 Å². The number of likely N-dealkylation sites (N-methyl/N-ethyl adjacent to an activating group) is 1. The molecule has 84 valence electrons. The molecule has 1 rings (SSSR count). The maximum Gasteiger partial charge on any atom is 0.0192 e. The second-order valence-electron chi connectivity index (χ2n) is 4.30. The van der Waals surface area contributed by atoms with E-state index in [1.807, 2.05) is 11.8 Å². The first-order valence-corrected chi connectivity index (χ1v) is 7.06. The van der Waals surface area contributed by atoms with Gasteiger partial charge in [-0.2, -0.15) is 11.8 Å². The molecule has 2 nitrogen and oxygen atoms in total. The van der Waals surface area contributed by atoms with Crippen molar-refractivity contribution in [1.29, 1.82) is 0 Å². The SMILES string of the molecule is CSCCCNCC(C)N(C)C1CC1. The Morgan fingerprint density at radius 3 is 2.79 bits per heavy atom. The highest BCUT2D eigenvalue weighted by Gasteiger charge is 2.28. The van der Waals surface area contributed by atoms with E-state index in [9.17, 15) is 0 Å². The van der Waals surface area contributed by atoms with Crippen LogP contribution in [0.3, 0.4) is 0 Å². The van der Waals surface area contributed by atoms with E-state index >= 15 is 0 Å². The fraction of sp³-hybridized carbons (Fsp3) is 1.00. The molecular weight excluding hydrogens is 192 g/mol. The van der Waals surface area contributed by atoms with Crippen LogP contribution in [-0.2, 0) is 0 Å². The lowest BCUT2D eigenvalue weighted by Gasteiger charge is -2.24. The standard InChI is InChI=1S/C11H24N2S/c1-10(13(2)11-5-6-11)9-12-7-4-8-14-3/h10-12H,4-9H2,1-3H3. The Morgan fingerprint density at radius 1 is 1.50 bits per heavy atom. The third-order valence-electron chi connectivity index (χ3n) is 2.96. The quantitative estimate of drug-likeness (QED) is 0.623. The van der Waals surface area contributed by atoms with Crippen LogP contribution < -0.4 is 5.32 Å². The number of nitrogens with zero attached hydrogens (tertiary/aromatic N) is 1. The highest BCUT2D eigenvalue weighted by molar-refractivity contribution is 7.98. The lowest BCUT2D eigenvalue weighted by molar-refractivity contribution is 0.241. The minimum absolute atomic E-state index is 0.691. The fourth-order valence-corrected chi connectivity index (χ4v) is 2.07. The van der Waals surface area contributed by atoms with Crippen molar-refractivity contribution in [1.82, 2.24) is 10.2 Å². The van der Waals surface area contributed by atoms with Crippen LogP contribution in [0.4, 0.5) is 0 Å². The molecule has 1 atom stereocenters. The van der Waals surface area contributed by atoms with Crippen LogP contribution in [0.25, 0.3) is 0 Å². The molecule has 1 N–H and O–H groups in total. The molecule has 14 heavy (non-hydrogen) atoms. The second-order valence-corrected chi connectivity index (χ2v) is 5.28. The lowest BCUT2D eigenvalue weighted by Crippen LogP contribution is -2.39. The lowest BCUT2D eigenvalue weighted by atomic mass is 10.3. The summed E-state index contributed by atoms with van der Waals surface area (Å²) in [6.07, 6.45) is 6.28. The molecule has 0 aromatic rings. The van der Waals surface area contributed by atoms with Gasteiger partial charge >= 0.3 is 0 Å². The zero-order valence-corrected chi connectivity index (χ0v) is 10.6. The molecule has 0 saturated heterocycles. The fourth-order valence-electron chi connectivity index (χ4n) is 1.64. The largest absolute Gasteiger partial charge is 0.315 e. The van der Waals surface area contributed by atoms with Gasteiger partial charge in [0.25, 0.3) is 0 Å². The van der Waals surface area contributed by atoms with Crippen molar-refractivity contribution in [2.24, 2.45) is 0 Å². The van der Waals surface area contributed by atoms with Crippen molar-refractivity contribution in [2.45, 2.75) is 38.3 Å². The van der Waals surface area contributed by atoms with Gasteiger partial charge in [0, 0.05) is 18.6 Å². The summed E-state index contributed by atoms with van der Waals surface area (Å²) in [6.45, 7) is 4.63. The summed E-state index contributed by atoms with van der Waals surface area (Å²) in [5.41, 5.74) is 0. The average Bonchev–Trinajstić information content (AvgIpc) is 2.99. The number of thioether (sulfide) groups is 1. The smallest absolute Gasteiger partial charge is 0.0192 e. The van der Waals surface area contributed by atoms with Gasteiger partial charge in [0.15, 0.2) is 0 Å². The Kier molecular flexibility index (Phi) is 5.90. The minimum Gasteiger partial charge on any atom is -0.315 e. The first kappa shape index (κ1) is 12.3. The zero-order valence-electron chi connectivity index (χ0n) is 9.75. The van der Waals surface area contributed by atoms with E-state index in [0.29, 0.717) is 6.04 Å². The molecule has 1 saturated carbocycles. The Hall–Kier alpha value is 0.270. The molecule has 0 heterocycles. The molecule has 1 unspecified atom stereocenters. The molecule has 0 aromatic carbocycles. The summed E-state index contributed by atoms with van der Waals surface area (Å²) >= 11 is 1.93. The summed E-state index contributed by atoms with van der Waals surface area (Å²) in [5.74, 6) is 1.28. The molecule has 0 aromatic heterocycles. The molecule has 0 bridgehead atoms. The predicted molar refractivity (Wildman–Crippen MR) is 66.1 cm³/mol. The number of rotatable bonds is 8. The first-order chi connectivity index (χ1) is 6.75. The second kappa shape index (κ2) is 6.70. The van der Waals surface area contributed by atoms with Crippen LogP contribution in [0.15, 0.2) is 0 Å². The van der Waals surface area contributed by atoms with E-state index in [-0.39, 0.29) is 0 Å². The van der Waals surface area contributed by atoms with E-state index in [0.717, 1.165) is 12.6 Å². The first-order valence-electron chi connectivity index (χ1n) is 5.67. The summed E-state index contributed by atoms with van der Waals surface area (Å²) < 4.78 is 0. The molecule has 1 fully saturated rings. The minimum atomic E-state index is 0.691. The van der Waals surface area contributed by atoms with E-state index in [2.05, 4.69) is 30.4 Å². The number of hydrogen-bond donors (Lipinski definition) is 1.